The van der Waals surface area contributed by atoms with Crippen LogP contribution in [0.25, 0.3) is 0 Å². The number of ether oxygens (including phenoxy) is 2. The molecule has 1 heterocycles. The van der Waals surface area contributed by atoms with Crippen molar-refractivity contribution in [1.29, 1.82) is 0 Å². The molecule has 0 aliphatic heterocycles. The molecule has 0 spiro atoms. The third kappa shape index (κ3) is 4.06. The van der Waals surface area contributed by atoms with Crippen LogP contribution in [-0.4, -0.2) is 18.2 Å². The quantitative estimate of drug-likeness (QED) is 0.858. The van der Waals surface area contributed by atoms with Gasteiger partial charge in [0.25, 0.3) is 0 Å². The monoisotopic (exact) mass is 314 g/mol. The third-order valence-corrected chi connectivity index (χ3v) is 4.10. The number of H-pyrrole nitrogens is 1. The van der Waals surface area contributed by atoms with Gasteiger partial charge >= 0.3 is 0 Å². The fourth-order valence-electron chi connectivity index (χ4n) is 2.82. The van der Waals surface area contributed by atoms with E-state index in [1.807, 2.05) is 24.3 Å². The molecule has 0 bridgehead atoms. The zero-order valence-corrected chi connectivity index (χ0v) is 13.3. The lowest BCUT2D eigenvalue weighted by Crippen LogP contribution is -2.12. The minimum atomic E-state index is -0.0922. The molecule has 1 aromatic heterocycles. The van der Waals surface area contributed by atoms with E-state index in [0.29, 0.717) is 12.6 Å². The van der Waals surface area contributed by atoms with Crippen LogP contribution in [0.3, 0.4) is 0 Å². The molecule has 23 heavy (non-hydrogen) atoms. The molecule has 1 aliphatic rings. The first kappa shape index (κ1) is 15.5. The molecule has 2 N–H and O–H groups in total. The largest absolute Gasteiger partial charge is 0.493 e. The Hall–Kier alpha value is -2.43. The Morgan fingerprint density at radius 3 is 2.70 bits per heavy atom. The maximum atomic E-state index is 11.1. The van der Waals surface area contributed by atoms with Gasteiger partial charge in [-0.25, -0.2) is 0 Å². The highest BCUT2D eigenvalue weighted by Crippen LogP contribution is 2.34. The van der Waals surface area contributed by atoms with Crippen LogP contribution in [0.4, 0.5) is 5.69 Å². The minimum Gasteiger partial charge on any atom is -0.493 e. The number of hydrogen-bond acceptors (Lipinski definition) is 4. The second kappa shape index (κ2) is 7.22. The van der Waals surface area contributed by atoms with Crippen molar-refractivity contribution in [2.45, 2.75) is 38.3 Å². The van der Waals surface area contributed by atoms with E-state index in [0.717, 1.165) is 35.6 Å². The molecule has 2 aromatic rings. The van der Waals surface area contributed by atoms with Crippen LogP contribution in [0.2, 0.25) is 0 Å². The summed E-state index contributed by atoms with van der Waals surface area (Å²) in [5, 5.41) is 3.34. The van der Waals surface area contributed by atoms with E-state index >= 15 is 0 Å². The zero-order chi connectivity index (χ0) is 16.1. The van der Waals surface area contributed by atoms with E-state index in [-0.39, 0.29) is 5.56 Å². The van der Waals surface area contributed by atoms with E-state index in [2.05, 4.69) is 10.3 Å². The van der Waals surface area contributed by atoms with E-state index in [1.54, 1.807) is 13.3 Å². The van der Waals surface area contributed by atoms with Gasteiger partial charge in [0.1, 0.15) is 0 Å². The summed E-state index contributed by atoms with van der Waals surface area (Å²) in [5.41, 5.74) is 1.88. The minimum absolute atomic E-state index is 0.0922. The number of methoxy groups -OCH3 is 1. The van der Waals surface area contributed by atoms with E-state index in [1.165, 1.54) is 18.9 Å². The molecule has 0 atom stereocenters. The summed E-state index contributed by atoms with van der Waals surface area (Å²) in [7, 11) is 1.66. The first-order chi connectivity index (χ1) is 11.2. The topological polar surface area (TPSA) is 63.3 Å². The number of benzene rings is 1. The van der Waals surface area contributed by atoms with Crippen LogP contribution in [0.1, 0.15) is 31.2 Å². The van der Waals surface area contributed by atoms with Crippen LogP contribution >= 0.6 is 0 Å². The molecular weight excluding hydrogens is 292 g/mol. The molecule has 0 radical (unpaired) electrons. The molecule has 3 rings (SSSR count). The smallest absolute Gasteiger partial charge is 0.247 e. The Morgan fingerprint density at radius 2 is 2.00 bits per heavy atom. The summed E-state index contributed by atoms with van der Waals surface area (Å²) >= 11 is 0. The molecule has 0 saturated heterocycles. The number of hydrogen-bond donors (Lipinski definition) is 2. The second-order valence-corrected chi connectivity index (χ2v) is 5.80. The van der Waals surface area contributed by atoms with Crippen molar-refractivity contribution < 1.29 is 9.47 Å². The van der Waals surface area contributed by atoms with Gasteiger partial charge in [0.15, 0.2) is 11.5 Å². The molecule has 5 nitrogen and oxygen atoms in total. The molecule has 122 valence electrons. The second-order valence-electron chi connectivity index (χ2n) is 5.80. The first-order valence-corrected chi connectivity index (χ1v) is 8.01. The van der Waals surface area contributed by atoms with Crippen molar-refractivity contribution >= 4 is 5.69 Å². The summed E-state index contributed by atoms with van der Waals surface area (Å²) in [4.78, 5) is 13.7. The summed E-state index contributed by atoms with van der Waals surface area (Å²) in [6.45, 7) is 0.631. The number of aromatic nitrogens is 1. The van der Waals surface area contributed by atoms with Crippen LogP contribution in [0.15, 0.2) is 41.3 Å². The van der Waals surface area contributed by atoms with Crippen LogP contribution < -0.4 is 20.3 Å². The highest BCUT2D eigenvalue weighted by molar-refractivity contribution is 5.55. The molecule has 5 heteroatoms. The van der Waals surface area contributed by atoms with Gasteiger partial charge in [0.05, 0.1) is 13.2 Å². The van der Waals surface area contributed by atoms with Crippen LogP contribution in [-0.2, 0) is 6.54 Å². The van der Waals surface area contributed by atoms with Crippen molar-refractivity contribution in [2.75, 3.05) is 12.4 Å². The Balaban J connectivity index is 1.69. The molecule has 1 saturated carbocycles. The van der Waals surface area contributed by atoms with Gasteiger partial charge in [-0.2, -0.15) is 0 Å². The SMILES string of the molecule is COc1ccc(NCc2ccc(=O)[nH]c2)cc1OC1CCCC1. The Bertz CT molecular complexity index is 685. The summed E-state index contributed by atoms with van der Waals surface area (Å²) in [5.74, 6) is 1.54. The lowest BCUT2D eigenvalue weighted by Gasteiger charge is -2.17. The maximum Gasteiger partial charge on any atom is 0.247 e. The number of rotatable bonds is 6. The predicted molar refractivity (Wildman–Crippen MR) is 90.3 cm³/mol. The number of pyridine rings is 1. The zero-order valence-electron chi connectivity index (χ0n) is 13.3. The van der Waals surface area contributed by atoms with Crippen molar-refractivity contribution in [1.82, 2.24) is 4.98 Å². The van der Waals surface area contributed by atoms with Crippen LogP contribution in [0, 0.1) is 0 Å². The van der Waals surface area contributed by atoms with Gasteiger partial charge in [-0.05, 0) is 43.4 Å². The van der Waals surface area contributed by atoms with E-state index < -0.39 is 0 Å². The van der Waals surface area contributed by atoms with Crippen molar-refractivity contribution in [2.24, 2.45) is 0 Å². The molecule has 1 aromatic carbocycles. The average Bonchev–Trinajstić information content (AvgIpc) is 3.07. The van der Waals surface area contributed by atoms with Gasteiger partial charge in [0.2, 0.25) is 5.56 Å². The maximum absolute atomic E-state index is 11.1. The number of anilines is 1. The molecule has 1 aliphatic carbocycles. The fourth-order valence-corrected chi connectivity index (χ4v) is 2.82. The normalized spacial score (nSPS) is 14.7. The molecular formula is C18H22N2O3. The first-order valence-electron chi connectivity index (χ1n) is 8.01. The number of nitrogens with one attached hydrogen (secondary N) is 2. The summed E-state index contributed by atoms with van der Waals surface area (Å²) in [6, 6.07) is 9.19. The highest BCUT2D eigenvalue weighted by Gasteiger charge is 2.18. The Morgan fingerprint density at radius 1 is 1.17 bits per heavy atom. The summed E-state index contributed by atoms with van der Waals surface area (Å²) in [6.07, 6.45) is 6.69. The number of aromatic amines is 1. The Labute approximate surface area is 135 Å². The lowest BCUT2D eigenvalue weighted by atomic mass is 10.2. The van der Waals surface area contributed by atoms with E-state index in [4.69, 9.17) is 9.47 Å². The van der Waals surface area contributed by atoms with Gasteiger partial charge in [-0.1, -0.05) is 6.07 Å². The highest BCUT2D eigenvalue weighted by atomic mass is 16.5. The van der Waals surface area contributed by atoms with Crippen molar-refractivity contribution in [3.8, 4) is 11.5 Å². The van der Waals surface area contributed by atoms with Crippen molar-refractivity contribution in [3.05, 3.63) is 52.4 Å². The summed E-state index contributed by atoms with van der Waals surface area (Å²) < 4.78 is 11.5. The standard InChI is InChI=1S/C18H22N2O3/c1-22-16-8-7-14(10-17(16)23-15-4-2-3-5-15)19-11-13-6-9-18(21)20-12-13/h6-10,12,15,19H,2-5,11H2,1H3,(H,20,21). The molecule has 0 unspecified atom stereocenters. The van der Waals surface area contributed by atoms with E-state index in [9.17, 15) is 4.79 Å². The third-order valence-electron chi connectivity index (χ3n) is 4.10. The van der Waals surface area contributed by atoms with Crippen LogP contribution in [0.5, 0.6) is 11.5 Å². The van der Waals surface area contributed by atoms with Crippen molar-refractivity contribution in [3.63, 3.8) is 0 Å². The van der Waals surface area contributed by atoms with Gasteiger partial charge < -0.3 is 19.8 Å². The molecule has 0 amide bonds. The van der Waals surface area contributed by atoms with Gasteiger partial charge in [-0.15, -0.1) is 0 Å². The molecule has 1 fully saturated rings. The van der Waals surface area contributed by atoms with Gasteiger partial charge in [0, 0.05) is 30.6 Å². The average molecular weight is 314 g/mol. The predicted octanol–water partition coefficient (Wildman–Crippen LogP) is 3.32. The lowest BCUT2D eigenvalue weighted by molar-refractivity contribution is 0.201. The van der Waals surface area contributed by atoms with Gasteiger partial charge in [-0.3, -0.25) is 4.79 Å². The fraction of sp³-hybridized carbons (Fsp3) is 0.389. The Kier molecular flexibility index (Phi) is 4.86.